The van der Waals surface area contributed by atoms with E-state index in [4.69, 9.17) is 15.3 Å². The monoisotopic (exact) mass is 222 g/mol. The van der Waals surface area contributed by atoms with E-state index in [2.05, 4.69) is 9.47 Å². The maximum atomic E-state index is 10.3. The molecule has 0 aliphatic carbocycles. The highest BCUT2D eigenvalue weighted by molar-refractivity contribution is 5.58. The summed E-state index contributed by atoms with van der Waals surface area (Å²) in [6.45, 7) is 0.885. The number of aliphatic hydroxyl groups excluding tert-OH is 1. The van der Waals surface area contributed by atoms with Crippen LogP contribution >= 0.6 is 0 Å². The summed E-state index contributed by atoms with van der Waals surface area (Å²) in [5, 5.41) is 25.6. The third kappa shape index (κ3) is 5.06. The minimum Gasteiger partial charge on any atom is -0.450 e. The van der Waals surface area contributed by atoms with Gasteiger partial charge in [-0.2, -0.15) is 0 Å². The topological polar surface area (TPSA) is 113 Å². The average Bonchev–Trinajstić information content (AvgIpc) is 2.15. The van der Waals surface area contributed by atoms with Gasteiger partial charge in [-0.1, -0.05) is 6.92 Å². The molecule has 0 aromatic rings. The molecule has 88 valence electrons. The largest absolute Gasteiger partial charge is 0.506 e. The molecular formula is C8H14O7. The normalized spacial score (nSPS) is 14.0. The van der Waals surface area contributed by atoms with E-state index in [1.165, 1.54) is 0 Å². The van der Waals surface area contributed by atoms with Gasteiger partial charge >= 0.3 is 12.3 Å². The molecule has 3 N–H and O–H groups in total. The molecule has 0 aromatic heterocycles. The van der Waals surface area contributed by atoms with Crippen LogP contribution < -0.4 is 0 Å². The van der Waals surface area contributed by atoms with E-state index in [1.807, 2.05) is 0 Å². The summed E-state index contributed by atoms with van der Waals surface area (Å²) in [4.78, 5) is 20.4. The molecule has 1 atom stereocenters. The van der Waals surface area contributed by atoms with Crippen molar-refractivity contribution in [2.75, 3.05) is 13.2 Å². The van der Waals surface area contributed by atoms with Crippen molar-refractivity contribution in [1.29, 1.82) is 0 Å². The minimum absolute atomic E-state index is 0.0153. The Morgan fingerprint density at radius 2 is 1.87 bits per heavy atom. The maximum Gasteiger partial charge on any atom is 0.506 e. The second kappa shape index (κ2) is 6.07. The molecule has 0 saturated heterocycles. The lowest BCUT2D eigenvalue weighted by Gasteiger charge is -2.28. The van der Waals surface area contributed by atoms with Crippen LogP contribution in [0.1, 0.15) is 19.8 Å². The number of rotatable bonds is 6. The van der Waals surface area contributed by atoms with Crippen LogP contribution in [0, 0.1) is 0 Å². The minimum atomic E-state index is -1.51. The van der Waals surface area contributed by atoms with Crippen molar-refractivity contribution in [1.82, 2.24) is 0 Å². The first kappa shape index (κ1) is 13.5. The van der Waals surface area contributed by atoms with Crippen LogP contribution in [0.4, 0.5) is 9.59 Å². The van der Waals surface area contributed by atoms with Gasteiger partial charge in [-0.05, 0) is 6.42 Å². The van der Waals surface area contributed by atoms with E-state index in [1.54, 1.807) is 6.92 Å². The number of hydrogen-bond acceptors (Lipinski definition) is 5. The van der Waals surface area contributed by atoms with Crippen LogP contribution in [0.5, 0.6) is 0 Å². The summed E-state index contributed by atoms with van der Waals surface area (Å²) < 4.78 is 8.73. The highest BCUT2D eigenvalue weighted by atomic mass is 16.7. The van der Waals surface area contributed by atoms with E-state index in [0.29, 0.717) is 0 Å². The second-order valence-electron chi connectivity index (χ2n) is 2.93. The van der Waals surface area contributed by atoms with Crippen molar-refractivity contribution in [2.45, 2.75) is 25.4 Å². The summed E-state index contributed by atoms with van der Waals surface area (Å²) >= 11 is 0. The number of hydrogen-bond donors (Lipinski definition) is 3. The molecule has 0 bridgehead atoms. The summed E-state index contributed by atoms with van der Waals surface area (Å²) in [6.07, 6.45) is -2.74. The molecule has 0 radical (unpaired) electrons. The Labute approximate surface area is 86.2 Å². The van der Waals surface area contributed by atoms with Crippen LogP contribution in [0.25, 0.3) is 0 Å². The molecule has 0 spiro atoms. The van der Waals surface area contributed by atoms with Crippen molar-refractivity contribution in [3.8, 4) is 0 Å². The molecule has 0 fully saturated rings. The number of carboxylic acid groups (broad SMARTS) is 2. The van der Waals surface area contributed by atoms with Gasteiger partial charge in [-0.25, -0.2) is 9.59 Å². The number of aliphatic hydroxyl groups is 1. The van der Waals surface area contributed by atoms with Crippen LogP contribution in [0.15, 0.2) is 0 Å². The van der Waals surface area contributed by atoms with Gasteiger partial charge < -0.3 is 24.8 Å². The molecule has 0 aromatic carbocycles. The first-order valence-corrected chi connectivity index (χ1v) is 4.34. The van der Waals surface area contributed by atoms with Crippen molar-refractivity contribution in [2.24, 2.45) is 0 Å². The fourth-order valence-electron chi connectivity index (χ4n) is 1.03. The van der Waals surface area contributed by atoms with Crippen LogP contribution in [-0.4, -0.2) is 46.4 Å². The molecular weight excluding hydrogens is 208 g/mol. The molecule has 0 aliphatic heterocycles. The van der Waals surface area contributed by atoms with Crippen molar-refractivity contribution < 1.29 is 34.4 Å². The molecule has 0 aliphatic rings. The quantitative estimate of drug-likeness (QED) is 0.572. The zero-order valence-electron chi connectivity index (χ0n) is 8.30. The fraction of sp³-hybridized carbons (Fsp3) is 0.750. The zero-order chi connectivity index (χ0) is 11.9. The summed E-state index contributed by atoms with van der Waals surface area (Å²) in [6, 6.07) is 0. The van der Waals surface area contributed by atoms with Crippen LogP contribution in [0.2, 0.25) is 0 Å². The van der Waals surface area contributed by atoms with Crippen molar-refractivity contribution in [3.63, 3.8) is 0 Å². The summed E-state index contributed by atoms with van der Waals surface area (Å²) in [7, 11) is 0. The maximum absolute atomic E-state index is 10.3. The predicted molar refractivity (Wildman–Crippen MR) is 47.8 cm³/mol. The molecule has 0 saturated carbocycles. The molecule has 7 heteroatoms. The molecule has 0 heterocycles. The molecule has 15 heavy (non-hydrogen) atoms. The van der Waals surface area contributed by atoms with Gasteiger partial charge in [0.1, 0.15) is 5.60 Å². The average molecular weight is 222 g/mol. The standard InChI is InChI=1S/C8H14O7/c1-2-8(5-9,15-7(12)13)3-4-14-6(10)11/h9H,2-5H2,1H3,(H,10,11)(H,12,13). The lowest BCUT2D eigenvalue weighted by molar-refractivity contribution is -0.0681. The first-order chi connectivity index (χ1) is 6.95. The Morgan fingerprint density at radius 3 is 2.20 bits per heavy atom. The third-order valence-electron chi connectivity index (χ3n) is 2.02. The molecule has 1 unspecified atom stereocenters. The SMILES string of the molecule is CCC(CO)(CCOC(=O)O)OC(=O)O. The Bertz CT molecular complexity index is 221. The summed E-state index contributed by atoms with van der Waals surface area (Å²) in [5.41, 5.74) is -1.29. The van der Waals surface area contributed by atoms with Gasteiger partial charge in [0, 0.05) is 6.42 Å². The van der Waals surface area contributed by atoms with E-state index in [-0.39, 0.29) is 19.4 Å². The predicted octanol–water partition coefficient (Wildman–Crippen LogP) is 0.907. The third-order valence-corrected chi connectivity index (χ3v) is 2.02. The highest BCUT2D eigenvalue weighted by Gasteiger charge is 2.32. The smallest absolute Gasteiger partial charge is 0.450 e. The van der Waals surface area contributed by atoms with Crippen LogP contribution in [-0.2, 0) is 9.47 Å². The molecule has 0 rings (SSSR count). The van der Waals surface area contributed by atoms with Crippen molar-refractivity contribution >= 4 is 12.3 Å². The van der Waals surface area contributed by atoms with Gasteiger partial charge in [0.05, 0.1) is 13.2 Å². The highest BCUT2D eigenvalue weighted by Crippen LogP contribution is 2.20. The van der Waals surface area contributed by atoms with Gasteiger partial charge in [0.15, 0.2) is 0 Å². The lowest BCUT2D eigenvalue weighted by atomic mass is 9.98. The van der Waals surface area contributed by atoms with Gasteiger partial charge in [0.2, 0.25) is 0 Å². The fourth-order valence-corrected chi connectivity index (χ4v) is 1.03. The number of ether oxygens (including phenoxy) is 2. The molecule has 7 nitrogen and oxygen atoms in total. The van der Waals surface area contributed by atoms with E-state index >= 15 is 0 Å². The lowest BCUT2D eigenvalue weighted by Crippen LogP contribution is -2.39. The summed E-state index contributed by atoms with van der Waals surface area (Å²) in [5.74, 6) is 0. The van der Waals surface area contributed by atoms with Gasteiger partial charge in [0.25, 0.3) is 0 Å². The molecule has 0 amide bonds. The Hall–Kier alpha value is -1.50. The zero-order valence-corrected chi connectivity index (χ0v) is 8.30. The number of carbonyl (C=O) groups is 2. The van der Waals surface area contributed by atoms with E-state index < -0.39 is 24.5 Å². The van der Waals surface area contributed by atoms with Gasteiger partial charge in [-0.3, -0.25) is 0 Å². The van der Waals surface area contributed by atoms with E-state index in [9.17, 15) is 9.59 Å². The second-order valence-corrected chi connectivity index (χ2v) is 2.93. The van der Waals surface area contributed by atoms with Gasteiger partial charge in [-0.15, -0.1) is 0 Å². The van der Waals surface area contributed by atoms with Crippen molar-refractivity contribution in [3.05, 3.63) is 0 Å². The van der Waals surface area contributed by atoms with Crippen LogP contribution in [0.3, 0.4) is 0 Å². The Morgan fingerprint density at radius 1 is 1.27 bits per heavy atom. The van der Waals surface area contributed by atoms with E-state index in [0.717, 1.165) is 0 Å². The Balaban J connectivity index is 4.23. The first-order valence-electron chi connectivity index (χ1n) is 4.34. The Kier molecular flexibility index (Phi) is 5.46.